The van der Waals surface area contributed by atoms with Crippen molar-refractivity contribution in [3.8, 4) is 0 Å². The summed E-state index contributed by atoms with van der Waals surface area (Å²) in [6.45, 7) is 6.76. The van der Waals surface area contributed by atoms with E-state index in [-0.39, 0.29) is 11.7 Å². The zero-order chi connectivity index (χ0) is 14.5. The van der Waals surface area contributed by atoms with Crippen LogP contribution in [0.5, 0.6) is 0 Å². The van der Waals surface area contributed by atoms with Crippen molar-refractivity contribution in [1.82, 2.24) is 9.80 Å². The third-order valence-electron chi connectivity index (χ3n) is 4.22. The van der Waals surface area contributed by atoms with Gasteiger partial charge in [0.2, 0.25) is 5.91 Å². The standard InChI is InChI=1S/C13H24N4O3/c1-2-11(12(14)15-19)13(18)17-4-3-10(9-17)16-5-7-20-8-6-16/h10-11,19H,2-9H2,1H3,(H2,14,15). The van der Waals surface area contributed by atoms with Crippen molar-refractivity contribution in [1.29, 1.82) is 0 Å². The maximum absolute atomic E-state index is 12.4. The van der Waals surface area contributed by atoms with Crippen LogP contribution in [0.1, 0.15) is 19.8 Å². The van der Waals surface area contributed by atoms with Crippen LogP contribution in [0.3, 0.4) is 0 Å². The maximum Gasteiger partial charge on any atom is 0.233 e. The summed E-state index contributed by atoms with van der Waals surface area (Å²) in [5.74, 6) is -0.533. The maximum atomic E-state index is 12.4. The molecule has 0 aromatic rings. The zero-order valence-corrected chi connectivity index (χ0v) is 12.0. The van der Waals surface area contributed by atoms with Gasteiger partial charge in [0.05, 0.1) is 19.1 Å². The third kappa shape index (κ3) is 3.21. The van der Waals surface area contributed by atoms with Gasteiger partial charge in [0.1, 0.15) is 0 Å². The van der Waals surface area contributed by atoms with Gasteiger partial charge in [-0.15, -0.1) is 0 Å². The van der Waals surface area contributed by atoms with E-state index >= 15 is 0 Å². The molecule has 3 N–H and O–H groups in total. The van der Waals surface area contributed by atoms with E-state index in [4.69, 9.17) is 15.7 Å². The van der Waals surface area contributed by atoms with E-state index in [9.17, 15) is 4.79 Å². The number of ether oxygens (including phenoxy) is 1. The summed E-state index contributed by atoms with van der Waals surface area (Å²) in [5.41, 5.74) is 5.60. The van der Waals surface area contributed by atoms with Gasteiger partial charge in [0.25, 0.3) is 0 Å². The van der Waals surface area contributed by atoms with E-state index in [1.165, 1.54) is 0 Å². The fourth-order valence-electron chi connectivity index (χ4n) is 2.98. The molecule has 2 saturated heterocycles. The molecule has 2 atom stereocenters. The minimum atomic E-state index is -0.511. The Morgan fingerprint density at radius 2 is 2.15 bits per heavy atom. The normalized spacial score (nSPS) is 26.8. The molecule has 7 heteroatoms. The van der Waals surface area contributed by atoms with Crippen molar-refractivity contribution >= 4 is 11.7 Å². The lowest BCUT2D eigenvalue weighted by Gasteiger charge is -2.32. The Hall–Kier alpha value is -1.34. The first kappa shape index (κ1) is 15.1. The van der Waals surface area contributed by atoms with Crippen LogP contribution in [-0.2, 0) is 9.53 Å². The van der Waals surface area contributed by atoms with Gasteiger partial charge in [-0.1, -0.05) is 12.1 Å². The number of likely N-dealkylation sites (tertiary alicyclic amines) is 1. The number of hydrogen-bond acceptors (Lipinski definition) is 5. The summed E-state index contributed by atoms with van der Waals surface area (Å²) in [6.07, 6.45) is 1.53. The second-order valence-electron chi connectivity index (χ2n) is 5.36. The van der Waals surface area contributed by atoms with Crippen LogP contribution >= 0.6 is 0 Å². The fourth-order valence-corrected chi connectivity index (χ4v) is 2.98. The van der Waals surface area contributed by atoms with Crippen LogP contribution in [-0.4, -0.2) is 72.2 Å². The topological polar surface area (TPSA) is 91.4 Å². The molecule has 2 unspecified atom stereocenters. The lowest BCUT2D eigenvalue weighted by Crippen LogP contribution is -2.46. The number of nitrogens with two attached hydrogens (primary N) is 1. The highest BCUT2D eigenvalue weighted by Crippen LogP contribution is 2.20. The van der Waals surface area contributed by atoms with Crippen LogP contribution in [0.25, 0.3) is 0 Å². The molecule has 2 rings (SSSR count). The van der Waals surface area contributed by atoms with Gasteiger partial charge in [0.15, 0.2) is 5.84 Å². The minimum Gasteiger partial charge on any atom is -0.409 e. The Bertz CT molecular complexity index is 369. The lowest BCUT2D eigenvalue weighted by atomic mass is 10.0. The van der Waals surface area contributed by atoms with E-state index < -0.39 is 5.92 Å². The van der Waals surface area contributed by atoms with Gasteiger partial charge in [-0.05, 0) is 12.8 Å². The largest absolute Gasteiger partial charge is 0.409 e. The number of hydrogen-bond donors (Lipinski definition) is 2. The Labute approximate surface area is 119 Å². The molecule has 2 aliphatic heterocycles. The van der Waals surface area contributed by atoms with Crippen molar-refractivity contribution in [2.45, 2.75) is 25.8 Å². The highest BCUT2D eigenvalue weighted by atomic mass is 16.5. The Kier molecular flexibility index (Phi) is 5.19. The number of amidine groups is 1. The number of oxime groups is 1. The zero-order valence-electron chi connectivity index (χ0n) is 12.0. The highest BCUT2D eigenvalue weighted by Gasteiger charge is 2.34. The Balaban J connectivity index is 1.92. The average Bonchev–Trinajstić information content (AvgIpc) is 2.98. The van der Waals surface area contributed by atoms with E-state index in [1.54, 1.807) is 0 Å². The minimum absolute atomic E-state index is 0.00678. The SMILES string of the molecule is CCC(C(=O)N1CCC(N2CCOCC2)C1)C(N)=NO. The molecule has 2 heterocycles. The van der Waals surface area contributed by atoms with Crippen LogP contribution in [0.4, 0.5) is 0 Å². The summed E-state index contributed by atoms with van der Waals surface area (Å²) in [6, 6.07) is 0.410. The molecule has 0 aromatic carbocycles. The van der Waals surface area contributed by atoms with E-state index in [0.717, 1.165) is 45.8 Å². The molecule has 0 bridgehead atoms. The molecule has 0 spiro atoms. The molecule has 20 heavy (non-hydrogen) atoms. The first-order valence-electron chi connectivity index (χ1n) is 7.25. The summed E-state index contributed by atoms with van der Waals surface area (Å²) in [7, 11) is 0. The predicted molar refractivity (Wildman–Crippen MR) is 74.6 cm³/mol. The van der Waals surface area contributed by atoms with Crippen molar-refractivity contribution in [3.05, 3.63) is 0 Å². The molecule has 2 fully saturated rings. The summed E-state index contributed by atoms with van der Waals surface area (Å²) in [5, 5.41) is 11.7. The van der Waals surface area contributed by atoms with Crippen LogP contribution in [0.2, 0.25) is 0 Å². The molecule has 0 saturated carbocycles. The Morgan fingerprint density at radius 1 is 1.45 bits per heavy atom. The van der Waals surface area contributed by atoms with Gasteiger partial charge < -0.3 is 20.6 Å². The van der Waals surface area contributed by atoms with E-state index in [0.29, 0.717) is 12.5 Å². The number of morpholine rings is 1. The summed E-state index contributed by atoms with van der Waals surface area (Å²) >= 11 is 0. The van der Waals surface area contributed by atoms with Crippen LogP contribution in [0, 0.1) is 5.92 Å². The van der Waals surface area contributed by atoms with Crippen molar-refractivity contribution < 1.29 is 14.7 Å². The molecular formula is C13H24N4O3. The van der Waals surface area contributed by atoms with Crippen molar-refractivity contribution in [2.24, 2.45) is 16.8 Å². The summed E-state index contributed by atoms with van der Waals surface area (Å²) in [4.78, 5) is 16.6. The van der Waals surface area contributed by atoms with Gasteiger partial charge in [0, 0.05) is 32.2 Å². The van der Waals surface area contributed by atoms with E-state index in [1.807, 2.05) is 11.8 Å². The molecule has 2 aliphatic rings. The quantitative estimate of drug-likeness (QED) is 0.320. The summed E-state index contributed by atoms with van der Waals surface area (Å²) < 4.78 is 5.35. The van der Waals surface area contributed by atoms with Crippen molar-refractivity contribution in [2.75, 3.05) is 39.4 Å². The third-order valence-corrected chi connectivity index (χ3v) is 4.22. The number of carbonyl (C=O) groups is 1. The lowest BCUT2D eigenvalue weighted by molar-refractivity contribution is -0.132. The number of nitrogens with zero attached hydrogens (tertiary/aromatic N) is 3. The first-order chi connectivity index (χ1) is 9.67. The number of carbonyl (C=O) groups excluding carboxylic acids is 1. The van der Waals surface area contributed by atoms with Crippen molar-refractivity contribution in [3.63, 3.8) is 0 Å². The first-order valence-corrected chi connectivity index (χ1v) is 7.25. The monoisotopic (exact) mass is 284 g/mol. The smallest absolute Gasteiger partial charge is 0.233 e. The molecule has 0 aromatic heterocycles. The van der Waals surface area contributed by atoms with Crippen LogP contribution < -0.4 is 5.73 Å². The van der Waals surface area contributed by atoms with Gasteiger partial charge >= 0.3 is 0 Å². The number of amides is 1. The fraction of sp³-hybridized carbons (Fsp3) is 0.846. The second kappa shape index (κ2) is 6.90. The predicted octanol–water partition coefficient (Wildman–Crippen LogP) is -0.308. The van der Waals surface area contributed by atoms with Gasteiger partial charge in [-0.25, -0.2) is 0 Å². The Morgan fingerprint density at radius 3 is 2.75 bits per heavy atom. The second-order valence-corrected chi connectivity index (χ2v) is 5.36. The van der Waals surface area contributed by atoms with Gasteiger partial charge in [-0.3, -0.25) is 9.69 Å². The highest BCUT2D eigenvalue weighted by molar-refractivity contribution is 6.02. The molecule has 1 amide bonds. The van der Waals surface area contributed by atoms with E-state index in [2.05, 4.69) is 10.1 Å². The number of rotatable bonds is 4. The molecular weight excluding hydrogens is 260 g/mol. The molecule has 114 valence electrons. The molecule has 0 radical (unpaired) electrons. The average molecular weight is 284 g/mol. The molecule has 7 nitrogen and oxygen atoms in total. The van der Waals surface area contributed by atoms with Crippen LogP contribution in [0.15, 0.2) is 5.16 Å². The molecule has 0 aliphatic carbocycles. The van der Waals surface area contributed by atoms with Gasteiger partial charge in [-0.2, -0.15) is 0 Å².